The van der Waals surface area contributed by atoms with Crippen molar-refractivity contribution in [3.05, 3.63) is 0 Å². The zero-order chi connectivity index (χ0) is 17.6. The van der Waals surface area contributed by atoms with Gasteiger partial charge in [0.05, 0.1) is 7.11 Å². The van der Waals surface area contributed by atoms with Gasteiger partial charge >= 0.3 is 5.97 Å². The Balaban J connectivity index is 0. The topological polar surface area (TPSA) is 80.7 Å². The van der Waals surface area contributed by atoms with E-state index in [2.05, 4.69) is 11.7 Å². The summed E-state index contributed by atoms with van der Waals surface area (Å²) in [6.07, 6.45) is 14.2. The third-order valence-corrected chi connectivity index (χ3v) is 5.29. The zero-order valence-electron chi connectivity index (χ0n) is 15.8. The second-order valence-corrected chi connectivity index (χ2v) is 7.80. The van der Waals surface area contributed by atoms with Gasteiger partial charge in [0.2, 0.25) is 0 Å². The third kappa shape index (κ3) is 14.7. The van der Waals surface area contributed by atoms with E-state index in [1.807, 2.05) is 0 Å². The van der Waals surface area contributed by atoms with Crippen LogP contribution >= 0.6 is 0 Å². The van der Waals surface area contributed by atoms with Gasteiger partial charge in [0.15, 0.2) is 5.25 Å². The number of carbonyl (C=O) groups is 1. The van der Waals surface area contributed by atoms with Gasteiger partial charge in [0.1, 0.15) is 0 Å². The summed E-state index contributed by atoms with van der Waals surface area (Å²) in [5.41, 5.74) is 0. The standard InChI is InChI=1S/C17H34O5S.Na/c1-3-4-5-6-7-8-9-10-11-12-13-14-15-16(17(18)22-2)23(19,20)21;/h16H,3-15H2,1-2H3,(H,19,20,21);. The quantitative estimate of drug-likeness (QED) is 0.202. The predicted octanol–water partition coefficient (Wildman–Crippen LogP) is 4.13. The summed E-state index contributed by atoms with van der Waals surface area (Å²) >= 11 is 0. The maximum atomic E-state index is 11.3. The molecule has 1 N–H and O–H groups in total. The first-order chi connectivity index (χ1) is 10.9. The third-order valence-electron chi connectivity index (χ3n) is 4.14. The van der Waals surface area contributed by atoms with E-state index in [0.717, 1.165) is 26.4 Å². The molecule has 0 aliphatic carbocycles. The number of ether oxygens (including phenoxy) is 1. The second-order valence-electron chi connectivity index (χ2n) is 6.20. The van der Waals surface area contributed by atoms with Crippen LogP contribution in [0, 0.1) is 0 Å². The van der Waals surface area contributed by atoms with Gasteiger partial charge < -0.3 is 4.74 Å². The largest absolute Gasteiger partial charge is 0.468 e. The Hall–Kier alpha value is 0.380. The van der Waals surface area contributed by atoms with Gasteiger partial charge in [-0.1, -0.05) is 84.0 Å². The number of hydrogen-bond acceptors (Lipinski definition) is 4. The van der Waals surface area contributed by atoms with Gasteiger partial charge in [-0.25, -0.2) is 0 Å². The van der Waals surface area contributed by atoms with Gasteiger partial charge in [-0.05, 0) is 6.42 Å². The molecule has 0 aliphatic heterocycles. The van der Waals surface area contributed by atoms with Crippen LogP contribution in [0.15, 0.2) is 0 Å². The van der Waals surface area contributed by atoms with Crippen LogP contribution in [0.4, 0.5) is 0 Å². The Morgan fingerprint density at radius 3 is 1.58 bits per heavy atom. The van der Waals surface area contributed by atoms with Crippen LogP contribution in [0.25, 0.3) is 0 Å². The van der Waals surface area contributed by atoms with Crippen molar-refractivity contribution in [3.63, 3.8) is 0 Å². The second kappa shape index (κ2) is 16.8. The first-order valence-electron chi connectivity index (χ1n) is 8.97. The minimum atomic E-state index is -4.37. The van der Waals surface area contributed by atoms with Crippen LogP contribution in [-0.4, -0.2) is 60.9 Å². The summed E-state index contributed by atoms with van der Waals surface area (Å²) in [5, 5.41) is -1.43. The molecule has 0 amide bonds. The normalized spacial score (nSPS) is 12.5. The van der Waals surface area contributed by atoms with Crippen molar-refractivity contribution in [2.45, 2.75) is 95.6 Å². The van der Waals surface area contributed by atoms with Crippen molar-refractivity contribution in [1.82, 2.24) is 0 Å². The van der Waals surface area contributed by atoms with E-state index < -0.39 is 21.3 Å². The van der Waals surface area contributed by atoms with E-state index in [0.29, 0.717) is 6.42 Å². The van der Waals surface area contributed by atoms with Crippen molar-refractivity contribution in [1.29, 1.82) is 0 Å². The van der Waals surface area contributed by atoms with Crippen molar-refractivity contribution in [2.75, 3.05) is 7.11 Å². The van der Waals surface area contributed by atoms with Crippen LogP contribution in [0.3, 0.4) is 0 Å². The molecule has 0 spiro atoms. The molecule has 0 heterocycles. The van der Waals surface area contributed by atoms with Crippen molar-refractivity contribution in [2.24, 2.45) is 0 Å². The fourth-order valence-electron chi connectivity index (χ4n) is 2.69. The first-order valence-corrected chi connectivity index (χ1v) is 10.5. The molecule has 0 saturated heterocycles. The number of esters is 1. The summed E-state index contributed by atoms with van der Waals surface area (Å²) in [6.45, 7) is 2.23. The molecular weight excluding hydrogens is 339 g/mol. The maximum absolute atomic E-state index is 11.3. The summed E-state index contributed by atoms with van der Waals surface area (Å²) in [4.78, 5) is 11.3. The van der Waals surface area contributed by atoms with E-state index in [1.165, 1.54) is 51.4 Å². The van der Waals surface area contributed by atoms with Crippen LogP contribution in [0.2, 0.25) is 0 Å². The number of methoxy groups -OCH3 is 1. The van der Waals surface area contributed by atoms with Gasteiger partial charge in [0.25, 0.3) is 10.1 Å². The van der Waals surface area contributed by atoms with Gasteiger partial charge in [0, 0.05) is 29.6 Å². The van der Waals surface area contributed by atoms with Crippen LogP contribution in [0.1, 0.15) is 90.4 Å². The van der Waals surface area contributed by atoms with Gasteiger partial charge in [-0.15, -0.1) is 0 Å². The molecule has 0 saturated carbocycles. The molecule has 0 aromatic heterocycles. The molecule has 0 bridgehead atoms. The van der Waals surface area contributed by atoms with E-state index >= 15 is 0 Å². The summed E-state index contributed by atoms with van der Waals surface area (Å²) in [6, 6.07) is 0. The smallest absolute Gasteiger partial charge is 0.326 e. The van der Waals surface area contributed by atoms with E-state index in [4.69, 9.17) is 4.55 Å². The minimum Gasteiger partial charge on any atom is -0.468 e. The number of unbranched alkanes of at least 4 members (excludes halogenated alkanes) is 11. The molecule has 0 aliphatic rings. The minimum absolute atomic E-state index is 0. The molecule has 0 fully saturated rings. The fourth-order valence-corrected chi connectivity index (χ4v) is 3.49. The van der Waals surface area contributed by atoms with Crippen LogP contribution in [-0.2, 0) is 19.6 Å². The van der Waals surface area contributed by atoms with E-state index in [-0.39, 0.29) is 36.0 Å². The van der Waals surface area contributed by atoms with Crippen molar-refractivity contribution in [3.8, 4) is 0 Å². The van der Waals surface area contributed by atoms with Crippen LogP contribution < -0.4 is 0 Å². The molecule has 139 valence electrons. The predicted molar refractivity (Wildman–Crippen MR) is 98.8 cm³/mol. The van der Waals surface area contributed by atoms with Gasteiger partial charge in [-0.3, -0.25) is 9.35 Å². The Morgan fingerprint density at radius 1 is 0.875 bits per heavy atom. The maximum Gasteiger partial charge on any atom is 0.326 e. The number of carbonyl (C=O) groups excluding carboxylic acids is 1. The Kier molecular flexibility index (Phi) is 18.7. The molecule has 5 nitrogen and oxygen atoms in total. The Bertz CT molecular complexity index is 398. The monoisotopic (exact) mass is 373 g/mol. The zero-order valence-corrected chi connectivity index (χ0v) is 18.6. The summed E-state index contributed by atoms with van der Waals surface area (Å²) < 4.78 is 35.7. The van der Waals surface area contributed by atoms with Crippen molar-refractivity contribution < 1.29 is 22.5 Å². The molecule has 7 heteroatoms. The Labute approximate surface area is 170 Å². The number of hydrogen-bond donors (Lipinski definition) is 1. The van der Waals surface area contributed by atoms with Crippen molar-refractivity contribution >= 4 is 45.6 Å². The molecule has 1 unspecified atom stereocenters. The number of rotatable bonds is 15. The Morgan fingerprint density at radius 2 is 1.25 bits per heavy atom. The summed E-state index contributed by atoms with van der Waals surface area (Å²) in [5.74, 6) is -0.879. The SMILES string of the molecule is CCCCCCCCCCCCCCC(C(=O)OC)S(=O)(=O)O.[Na]. The molecule has 0 aromatic carbocycles. The molecule has 0 aromatic rings. The van der Waals surface area contributed by atoms with E-state index in [9.17, 15) is 13.2 Å². The van der Waals surface area contributed by atoms with Crippen LogP contribution in [0.5, 0.6) is 0 Å². The molecular formula is C17H34NaO5S. The molecule has 1 atom stereocenters. The fraction of sp³-hybridized carbons (Fsp3) is 0.941. The average molecular weight is 374 g/mol. The average Bonchev–Trinajstić information content (AvgIpc) is 2.50. The van der Waals surface area contributed by atoms with Gasteiger partial charge in [-0.2, -0.15) is 8.42 Å². The molecule has 1 radical (unpaired) electrons. The van der Waals surface area contributed by atoms with E-state index in [1.54, 1.807) is 0 Å². The summed E-state index contributed by atoms with van der Waals surface area (Å²) in [7, 11) is -3.24. The molecule has 0 rings (SSSR count). The molecule has 24 heavy (non-hydrogen) atoms. The first kappa shape index (κ1) is 26.6.